The largest absolute Gasteiger partial charge is 0.462 e. The van der Waals surface area contributed by atoms with Gasteiger partial charge in [0.15, 0.2) is 18.5 Å². The zero-order valence-corrected chi connectivity index (χ0v) is 14.9. The molecule has 26 heavy (non-hydrogen) atoms. The van der Waals surface area contributed by atoms with Crippen LogP contribution in [0.15, 0.2) is 4.42 Å². The molecule has 9 heteroatoms. The van der Waals surface area contributed by atoms with Gasteiger partial charge >= 0.3 is 11.9 Å². The highest BCUT2D eigenvalue weighted by molar-refractivity contribution is 6.10. The van der Waals surface area contributed by atoms with E-state index in [1.165, 1.54) is 13.8 Å². The lowest BCUT2D eigenvalue weighted by Gasteiger charge is -2.09. The summed E-state index contributed by atoms with van der Waals surface area (Å²) in [5.74, 6) is -2.58. The van der Waals surface area contributed by atoms with Crippen molar-refractivity contribution in [3.8, 4) is 0 Å². The minimum atomic E-state index is -0.791. The predicted molar refractivity (Wildman–Crippen MR) is 88.0 cm³/mol. The molecule has 1 fully saturated rings. The second kappa shape index (κ2) is 8.61. The number of carbonyl (C=O) groups excluding carboxylic acids is 4. The molecule has 0 aliphatic carbocycles. The molecular formula is C17H21NO8. The van der Waals surface area contributed by atoms with Gasteiger partial charge in [0.05, 0.1) is 12.2 Å². The van der Waals surface area contributed by atoms with Gasteiger partial charge in [-0.1, -0.05) is 0 Å². The van der Waals surface area contributed by atoms with E-state index in [2.05, 4.69) is 5.32 Å². The number of hydrogen-bond donors (Lipinski definition) is 1. The molecule has 142 valence electrons. The van der Waals surface area contributed by atoms with Gasteiger partial charge < -0.3 is 18.6 Å². The van der Waals surface area contributed by atoms with E-state index in [-0.39, 0.29) is 29.4 Å². The van der Waals surface area contributed by atoms with Crippen LogP contribution in [-0.2, 0) is 23.8 Å². The van der Waals surface area contributed by atoms with Gasteiger partial charge in [0.25, 0.3) is 5.91 Å². The number of esters is 2. The van der Waals surface area contributed by atoms with E-state index in [1.54, 1.807) is 6.92 Å². The SMILES string of the molecule is CCOC(=O)c1c(NC(=O)COC(=O)[C@@H]2CCCO2)oc(C)c1C(C)=O. The van der Waals surface area contributed by atoms with Gasteiger partial charge in [-0.25, -0.2) is 9.59 Å². The molecule has 1 aliphatic heterocycles. The predicted octanol–water partition coefficient (Wildman–Crippen LogP) is 1.63. The molecule has 1 aromatic heterocycles. The summed E-state index contributed by atoms with van der Waals surface area (Å²) in [5.41, 5.74) is -0.120. The molecule has 0 radical (unpaired) electrons. The molecule has 0 saturated carbocycles. The molecule has 2 heterocycles. The second-order valence-corrected chi connectivity index (χ2v) is 5.67. The van der Waals surface area contributed by atoms with Crippen LogP contribution in [0.25, 0.3) is 0 Å². The average molecular weight is 367 g/mol. The number of nitrogens with one attached hydrogen (secondary N) is 1. The highest BCUT2D eigenvalue weighted by Gasteiger charge is 2.29. The maximum Gasteiger partial charge on any atom is 0.344 e. The van der Waals surface area contributed by atoms with E-state index in [1.807, 2.05) is 0 Å². The lowest BCUT2D eigenvalue weighted by atomic mass is 10.1. The molecule has 1 amide bonds. The second-order valence-electron chi connectivity index (χ2n) is 5.67. The van der Waals surface area contributed by atoms with Crippen LogP contribution in [-0.4, -0.2) is 49.6 Å². The van der Waals surface area contributed by atoms with E-state index < -0.39 is 36.3 Å². The van der Waals surface area contributed by atoms with E-state index in [0.29, 0.717) is 13.0 Å². The van der Waals surface area contributed by atoms with E-state index in [4.69, 9.17) is 18.6 Å². The zero-order valence-electron chi connectivity index (χ0n) is 14.9. The number of carbonyl (C=O) groups is 4. The van der Waals surface area contributed by atoms with E-state index >= 15 is 0 Å². The minimum Gasteiger partial charge on any atom is -0.462 e. The van der Waals surface area contributed by atoms with Gasteiger partial charge in [-0.05, 0) is 33.6 Å². The van der Waals surface area contributed by atoms with Crippen LogP contribution in [0.4, 0.5) is 5.88 Å². The molecule has 0 spiro atoms. The van der Waals surface area contributed by atoms with Crippen molar-refractivity contribution >= 4 is 29.5 Å². The van der Waals surface area contributed by atoms with E-state index in [0.717, 1.165) is 6.42 Å². The van der Waals surface area contributed by atoms with Crippen molar-refractivity contribution in [2.45, 2.75) is 39.7 Å². The number of rotatable bonds is 7. The standard InChI is InChI=1S/C17H21NO8/c1-4-23-17(22)14-13(9(2)19)10(3)26-15(14)18-12(20)8-25-16(21)11-6-5-7-24-11/h11H,4-8H2,1-3H3,(H,18,20)/t11-/m0/s1. The Hall–Kier alpha value is -2.68. The molecule has 0 aromatic carbocycles. The minimum absolute atomic E-state index is 0.0371. The summed E-state index contributed by atoms with van der Waals surface area (Å²) in [7, 11) is 0. The Morgan fingerprint density at radius 2 is 1.92 bits per heavy atom. The summed E-state index contributed by atoms with van der Waals surface area (Å²) in [5, 5.41) is 2.34. The molecule has 1 aliphatic rings. The van der Waals surface area contributed by atoms with Crippen LogP contribution in [0.2, 0.25) is 0 Å². The molecule has 9 nitrogen and oxygen atoms in total. The van der Waals surface area contributed by atoms with Crippen molar-refractivity contribution in [3.63, 3.8) is 0 Å². The lowest BCUT2D eigenvalue weighted by Crippen LogP contribution is -2.27. The fourth-order valence-corrected chi connectivity index (χ4v) is 2.61. The van der Waals surface area contributed by atoms with Gasteiger partial charge in [0.2, 0.25) is 5.88 Å². The van der Waals surface area contributed by atoms with Gasteiger partial charge in [0.1, 0.15) is 11.3 Å². The van der Waals surface area contributed by atoms with Gasteiger partial charge in [-0.2, -0.15) is 0 Å². The summed E-state index contributed by atoms with van der Waals surface area (Å²) in [6.45, 7) is 4.38. The maximum absolute atomic E-state index is 12.1. The van der Waals surface area contributed by atoms with Crippen molar-refractivity contribution < 1.29 is 37.8 Å². The Balaban J connectivity index is 2.08. The van der Waals surface area contributed by atoms with Gasteiger partial charge in [0, 0.05) is 6.61 Å². The molecule has 1 saturated heterocycles. The highest BCUT2D eigenvalue weighted by atomic mass is 16.6. The Morgan fingerprint density at radius 3 is 2.50 bits per heavy atom. The van der Waals surface area contributed by atoms with Crippen LogP contribution in [0.1, 0.15) is 53.2 Å². The third-order valence-corrected chi connectivity index (χ3v) is 3.71. The topological polar surface area (TPSA) is 121 Å². The molecule has 0 unspecified atom stereocenters. The summed E-state index contributed by atoms with van der Waals surface area (Å²) >= 11 is 0. The zero-order chi connectivity index (χ0) is 19.3. The van der Waals surface area contributed by atoms with E-state index in [9.17, 15) is 19.2 Å². The summed E-state index contributed by atoms with van der Waals surface area (Å²) in [6.07, 6.45) is 0.648. The number of ketones is 1. The van der Waals surface area contributed by atoms with Crippen LogP contribution in [0.3, 0.4) is 0 Å². The van der Waals surface area contributed by atoms with Gasteiger partial charge in [-0.3, -0.25) is 14.9 Å². The number of Topliss-reactive ketones (excluding diaryl/α,β-unsaturated/α-hetero) is 1. The van der Waals surface area contributed by atoms with Crippen molar-refractivity contribution in [3.05, 3.63) is 16.9 Å². The highest BCUT2D eigenvalue weighted by Crippen LogP contribution is 2.28. The first-order chi connectivity index (χ1) is 12.3. The van der Waals surface area contributed by atoms with Crippen molar-refractivity contribution in [2.24, 2.45) is 0 Å². The van der Waals surface area contributed by atoms with Crippen molar-refractivity contribution in [1.82, 2.24) is 0 Å². The number of ether oxygens (including phenoxy) is 3. The first-order valence-electron chi connectivity index (χ1n) is 8.24. The Bertz CT molecular complexity index is 715. The Labute approximate surface area is 150 Å². The monoisotopic (exact) mass is 367 g/mol. The third kappa shape index (κ3) is 4.48. The first-order valence-corrected chi connectivity index (χ1v) is 8.24. The van der Waals surface area contributed by atoms with Crippen molar-refractivity contribution in [1.29, 1.82) is 0 Å². The molecule has 1 atom stereocenters. The normalized spacial score (nSPS) is 16.2. The summed E-state index contributed by atoms with van der Waals surface area (Å²) in [6, 6.07) is 0. The average Bonchev–Trinajstić information content (AvgIpc) is 3.20. The molecule has 2 rings (SSSR count). The van der Waals surface area contributed by atoms with Crippen LogP contribution in [0, 0.1) is 6.92 Å². The first kappa shape index (κ1) is 19.6. The third-order valence-electron chi connectivity index (χ3n) is 3.71. The quantitative estimate of drug-likeness (QED) is 0.570. The molecule has 0 bridgehead atoms. The number of hydrogen-bond acceptors (Lipinski definition) is 8. The van der Waals surface area contributed by atoms with Crippen molar-refractivity contribution in [2.75, 3.05) is 25.1 Å². The van der Waals surface area contributed by atoms with Gasteiger partial charge in [-0.15, -0.1) is 0 Å². The van der Waals surface area contributed by atoms with Crippen LogP contribution in [0.5, 0.6) is 0 Å². The Kier molecular flexibility index (Phi) is 6.51. The lowest BCUT2D eigenvalue weighted by molar-refractivity contribution is -0.156. The Morgan fingerprint density at radius 1 is 1.19 bits per heavy atom. The smallest absolute Gasteiger partial charge is 0.344 e. The number of furan rings is 1. The fraction of sp³-hybridized carbons (Fsp3) is 0.529. The summed E-state index contributed by atoms with van der Waals surface area (Å²) < 4.78 is 20.3. The number of anilines is 1. The van der Waals surface area contributed by atoms with Crippen LogP contribution < -0.4 is 5.32 Å². The van der Waals surface area contributed by atoms with Crippen LogP contribution >= 0.6 is 0 Å². The summed E-state index contributed by atoms with van der Waals surface area (Å²) in [4.78, 5) is 47.7. The number of aryl methyl sites for hydroxylation is 1. The fourth-order valence-electron chi connectivity index (χ4n) is 2.61. The maximum atomic E-state index is 12.1. The molecular weight excluding hydrogens is 346 g/mol. The molecule has 1 aromatic rings. The number of amides is 1. The molecule has 1 N–H and O–H groups in total.